The number of benzene rings is 1. The van der Waals surface area contributed by atoms with Gasteiger partial charge in [-0.05, 0) is 43.4 Å². The van der Waals surface area contributed by atoms with E-state index in [0.29, 0.717) is 18.2 Å². The summed E-state index contributed by atoms with van der Waals surface area (Å²) in [4.78, 5) is 13.7. The highest BCUT2D eigenvalue weighted by Gasteiger charge is 2.22. The van der Waals surface area contributed by atoms with Gasteiger partial charge in [0.15, 0.2) is 5.96 Å². The van der Waals surface area contributed by atoms with Crippen LogP contribution in [0.1, 0.15) is 25.3 Å². The van der Waals surface area contributed by atoms with E-state index in [9.17, 15) is 5.11 Å². The van der Waals surface area contributed by atoms with Crippen LogP contribution in [0.2, 0.25) is 0 Å². The molecular formula is C23H32IN5O2. The first kappa shape index (κ1) is 23.4. The van der Waals surface area contributed by atoms with Gasteiger partial charge in [0.2, 0.25) is 5.88 Å². The van der Waals surface area contributed by atoms with Crippen molar-refractivity contribution in [1.29, 1.82) is 0 Å². The lowest BCUT2D eigenvalue weighted by Gasteiger charge is -2.37. The Balaban J connectivity index is 0.00000272. The highest BCUT2D eigenvalue weighted by molar-refractivity contribution is 14.0. The third-order valence-corrected chi connectivity index (χ3v) is 5.51. The number of aromatic nitrogens is 1. The van der Waals surface area contributed by atoms with Crippen LogP contribution in [0.25, 0.3) is 0 Å². The second kappa shape index (κ2) is 11.4. The Hall–Kier alpha value is -2.23. The molecule has 0 radical (unpaired) electrons. The van der Waals surface area contributed by atoms with Gasteiger partial charge in [0.25, 0.3) is 0 Å². The molecule has 2 fully saturated rings. The minimum Gasteiger partial charge on any atom is -0.506 e. The van der Waals surface area contributed by atoms with Gasteiger partial charge in [-0.25, -0.2) is 9.98 Å². The van der Waals surface area contributed by atoms with Crippen molar-refractivity contribution in [1.82, 2.24) is 15.2 Å². The van der Waals surface area contributed by atoms with Gasteiger partial charge in [0, 0.05) is 45.0 Å². The molecule has 4 rings (SSSR count). The second-order valence-electron chi connectivity index (χ2n) is 7.89. The predicted molar refractivity (Wildman–Crippen MR) is 135 cm³/mol. The van der Waals surface area contributed by atoms with Gasteiger partial charge >= 0.3 is 0 Å². The number of anilines is 1. The van der Waals surface area contributed by atoms with E-state index >= 15 is 0 Å². The standard InChI is InChI=1S/C23H31N5O2.HI/c1-2-24-23(26-16-19-9-10-22(25-15-19)30-17-18-7-8-18)28-13-11-27(12-14-28)20-5-3-4-6-21(20)29;/h3-6,9-10,15,18,29H,2,7-8,11-14,16-17H2,1H3,(H,24,26);1H. The predicted octanol–water partition coefficient (Wildman–Crippen LogP) is 3.48. The highest BCUT2D eigenvalue weighted by atomic mass is 127. The Morgan fingerprint density at radius 2 is 1.94 bits per heavy atom. The van der Waals surface area contributed by atoms with Crippen molar-refractivity contribution in [2.45, 2.75) is 26.3 Å². The number of piperazine rings is 1. The molecule has 31 heavy (non-hydrogen) atoms. The molecule has 0 spiro atoms. The molecule has 0 bridgehead atoms. The zero-order chi connectivity index (χ0) is 20.8. The smallest absolute Gasteiger partial charge is 0.213 e. The van der Waals surface area contributed by atoms with E-state index < -0.39 is 0 Å². The maximum absolute atomic E-state index is 10.1. The van der Waals surface area contributed by atoms with Gasteiger partial charge in [-0.15, -0.1) is 24.0 Å². The normalized spacial score (nSPS) is 16.6. The number of pyridine rings is 1. The third-order valence-electron chi connectivity index (χ3n) is 5.51. The summed E-state index contributed by atoms with van der Waals surface area (Å²) in [6.45, 7) is 7.66. The number of ether oxygens (including phenoxy) is 1. The largest absolute Gasteiger partial charge is 0.506 e. The molecule has 1 aromatic heterocycles. The van der Waals surface area contributed by atoms with Crippen LogP contribution >= 0.6 is 24.0 Å². The topological polar surface area (TPSA) is 73.2 Å². The van der Waals surface area contributed by atoms with E-state index in [2.05, 4.69) is 27.0 Å². The fraction of sp³-hybridized carbons (Fsp3) is 0.478. The minimum atomic E-state index is 0. The van der Waals surface area contributed by atoms with Crippen molar-refractivity contribution in [2.75, 3.05) is 44.2 Å². The average Bonchev–Trinajstić information content (AvgIpc) is 3.61. The van der Waals surface area contributed by atoms with E-state index in [4.69, 9.17) is 9.73 Å². The van der Waals surface area contributed by atoms with Crippen LogP contribution in [-0.4, -0.2) is 60.3 Å². The number of phenolic OH excluding ortho intramolecular Hbond substituents is 1. The van der Waals surface area contributed by atoms with E-state index in [1.165, 1.54) is 12.8 Å². The lowest BCUT2D eigenvalue weighted by Crippen LogP contribution is -2.52. The second-order valence-corrected chi connectivity index (χ2v) is 7.89. The molecule has 1 saturated carbocycles. The molecule has 168 valence electrons. The van der Waals surface area contributed by atoms with Gasteiger partial charge in [-0.2, -0.15) is 0 Å². The molecule has 0 amide bonds. The summed E-state index contributed by atoms with van der Waals surface area (Å²) >= 11 is 0. The molecular weight excluding hydrogens is 505 g/mol. The number of aliphatic imine (C=N–C) groups is 1. The number of guanidine groups is 1. The van der Waals surface area contributed by atoms with Crippen molar-refractivity contribution < 1.29 is 9.84 Å². The van der Waals surface area contributed by atoms with Crippen molar-refractivity contribution in [3.8, 4) is 11.6 Å². The Morgan fingerprint density at radius 3 is 2.58 bits per heavy atom. The van der Waals surface area contributed by atoms with Crippen LogP contribution in [0.4, 0.5) is 5.69 Å². The molecule has 0 atom stereocenters. The SMILES string of the molecule is CCNC(=NCc1ccc(OCC2CC2)nc1)N1CCN(c2ccccc2O)CC1.I. The number of phenols is 1. The Labute approximate surface area is 201 Å². The Bertz CT molecular complexity index is 849. The number of para-hydroxylation sites is 2. The summed E-state index contributed by atoms with van der Waals surface area (Å²) in [5.74, 6) is 2.68. The summed E-state index contributed by atoms with van der Waals surface area (Å²) < 4.78 is 5.71. The van der Waals surface area contributed by atoms with Gasteiger partial charge in [-0.3, -0.25) is 0 Å². The number of nitrogens with one attached hydrogen (secondary N) is 1. The number of hydrogen-bond donors (Lipinski definition) is 2. The highest BCUT2D eigenvalue weighted by Crippen LogP contribution is 2.29. The van der Waals surface area contributed by atoms with Gasteiger partial charge in [0.05, 0.1) is 18.8 Å². The molecule has 8 heteroatoms. The van der Waals surface area contributed by atoms with Crippen LogP contribution in [0.5, 0.6) is 11.6 Å². The fourth-order valence-corrected chi connectivity index (χ4v) is 3.56. The average molecular weight is 537 g/mol. The van der Waals surface area contributed by atoms with E-state index in [1.807, 2.05) is 36.5 Å². The summed E-state index contributed by atoms with van der Waals surface area (Å²) in [6, 6.07) is 11.5. The zero-order valence-corrected chi connectivity index (χ0v) is 20.4. The lowest BCUT2D eigenvalue weighted by atomic mass is 10.2. The number of halogens is 1. The van der Waals surface area contributed by atoms with E-state index in [-0.39, 0.29) is 24.0 Å². The first-order valence-corrected chi connectivity index (χ1v) is 10.9. The fourth-order valence-electron chi connectivity index (χ4n) is 3.56. The number of hydrogen-bond acceptors (Lipinski definition) is 5. The van der Waals surface area contributed by atoms with Crippen molar-refractivity contribution in [2.24, 2.45) is 10.9 Å². The first-order chi connectivity index (χ1) is 14.7. The molecule has 2 aromatic rings. The van der Waals surface area contributed by atoms with Crippen molar-refractivity contribution in [3.05, 3.63) is 48.2 Å². The van der Waals surface area contributed by atoms with Crippen molar-refractivity contribution >= 4 is 35.6 Å². The number of aromatic hydroxyl groups is 1. The molecule has 2 aliphatic rings. The molecule has 1 aromatic carbocycles. The van der Waals surface area contributed by atoms with E-state index in [1.54, 1.807) is 6.07 Å². The van der Waals surface area contributed by atoms with Crippen LogP contribution in [0, 0.1) is 5.92 Å². The van der Waals surface area contributed by atoms with Gasteiger partial charge in [0.1, 0.15) is 5.75 Å². The monoisotopic (exact) mass is 537 g/mol. The third kappa shape index (κ3) is 6.62. The van der Waals surface area contributed by atoms with Crippen molar-refractivity contribution in [3.63, 3.8) is 0 Å². The molecule has 1 aliphatic carbocycles. The van der Waals surface area contributed by atoms with Gasteiger partial charge < -0.3 is 25.0 Å². The maximum atomic E-state index is 10.1. The summed E-state index contributed by atoms with van der Waals surface area (Å²) in [5.41, 5.74) is 1.96. The summed E-state index contributed by atoms with van der Waals surface area (Å²) in [6.07, 6.45) is 4.41. The quantitative estimate of drug-likeness (QED) is 0.320. The van der Waals surface area contributed by atoms with Gasteiger partial charge in [-0.1, -0.05) is 18.2 Å². The van der Waals surface area contributed by atoms with Crippen LogP contribution in [0.15, 0.2) is 47.6 Å². The van der Waals surface area contributed by atoms with Crippen LogP contribution < -0.4 is 15.0 Å². The number of nitrogens with zero attached hydrogens (tertiary/aromatic N) is 4. The van der Waals surface area contributed by atoms with Crippen LogP contribution in [0.3, 0.4) is 0 Å². The molecule has 1 saturated heterocycles. The summed E-state index contributed by atoms with van der Waals surface area (Å²) in [7, 11) is 0. The molecule has 2 N–H and O–H groups in total. The Kier molecular flexibility index (Phi) is 8.62. The van der Waals surface area contributed by atoms with E-state index in [0.717, 1.165) is 62.5 Å². The molecule has 7 nitrogen and oxygen atoms in total. The minimum absolute atomic E-state index is 0. The zero-order valence-electron chi connectivity index (χ0n) is 18.0. The maximum Gasteiger partial charge on any atom is 0.213 e. The molecule has 2 heterocycles. The Morgan fingerprint density at radius 1 is 1.16 bits per heavy atom. The summed E-state index contributed by atoms with van der Waals surface area (Å²) in [5, 5.41) is 13.5. The lowest BCUT2D eigenvalue weighted by molar-refractivity contribution is 0.288. The first-order valence-electron chi connectivity index (χ1n) is 10.9. The number of rotatable bonds is 7. The molecule has 1 aliphatic heterocycles. The molecule has 0 unspecified atom stereocenters. The van der Waals surface area contributed by atoms with Crippen LogP contribution in [-0.2, 0) is 6.54 Å².